The number of rotatable bonds is 5. The van der Waals surface area contributed by atoms with E-state index in [-0.39, 0.29) is 17.8 Å². The molecule has 0 N–H and O–H groups in total. The molecule has 1 fully saturated rings. The van der Waals surface area contributed by atoms with E-state index < -0.39 is 0 Å². The van der Waals surface area contributed by atoms with Gasteiger partial charge < -0.3 is 4.90 Å². The van der Waals surface area contributed by atoms with Gasteiger partial charge in [0.15, 0.2) is 0 Å². The van der Waals surface area contributed by atoms with Gasteiger partial charge in [-0.1, -0.05) is 25.1 Å². The SMILES string of the molecule is CCCC(=O)N(C)[C@@H]1CCCN(Cc2ccccc2F)C1. The van der Waals surface area contributed by atoms with Gasteiger partial charge in [-0.15, -0.1) is 0 Å². The molecule has 1 aliphatic heterocycles. The first-order valence-electron chi connectivity index (χ1n) is 7.83. The summed E-state index contributed by atoms with van der Waals surface area (Å²) >= 11 is 0. The molecule has 0 radical (unpaired) electrons. The highest BCUT2D eigenvalue weighted by atomic mass is 19.1. The Morgan fingerprint density at radius 3 is 2.90 bits per heavy atom. The molecule has 1 saturated heterocycles. The summed E-state index contributed by atoms with van der Waals surface area (Å²) in [6, 6.07) is 7.19. The van der Waals surface area contributed by atoms with Crippen LogP contribution in [-0.2, 0) is 11.3 Å². The fourth-order valence-corrected chi connectivity index (χ4v) is 2.95. The molecule has 0 saturated carbocycles. The number of piperidine rings is 1. The summed E-state index contributed by atoms with van der Waals surface area (Å²) in [7, 11) is 1.90. The Morgan fingerprint density at radius 2 is 2.19 bits per heavy atom. The maximum atomic E-state index is 13.7. The van der Waals surface area contributed by atoms with Gasteiger partial charge in [-0.2, -0.15) is 0 Å². The highest BCUT2D eigenvalue weighted by Gasteiger charge is 2.25. The molecule has 1 amide bonds. The first-order chi connectivity index (χ1) is 10.1. The molecular formula is C17H25FN2O. The van der Waals surface area contributed by atoms with Gasteiger partial charge in [0.2, 0.25) is 5.91 Å². The Bertz CT molecular complexity index is 478. The van der Waals surface area contributed by atoms with Crippen LogP contribution in [-0.4, -0.2) is 41.9 Å². The summed E-state index contributed by atoms with van der Waals surface area (Å²) in [5, 5.41) is 0. The third-order valence-electron chi connectivity index (χ3n) is 4.24. The van der Waals surface area contributed by atoms with E-state index in [0.29, 0.717) is 13.0 Å². The molecular weight excluding hydrogens is 267 g/mol. The van der Waals surface area contributed by atoms with E-state index >= 15 is 0 Å². The lowest BCUT2D eigenvalue weighted by atomic mass is 10.0. The van der Waals surface area contributed by atoms with Crippen molar-refractivity contribution < 1.29 is 9.18 Å². The molecule has 1 atom stereocenters. The minimum Gasteiger partial charge on any atom is -0.341 e. The Kier molecular flexibility index (Phi) is 5.74. The van der Waals surface area contributed by atoms with Crippen LogP contribution in [0.4, 0.5) is 4.39 Å². The molecule has 1 aromatic rings. The molecule has 0 spiro atoms. The molecule has 0 aliphatic carbocycles. The quantitative estimate of drug-likeness (QED) is 0.833. The van der Waals surface area contributed by atoms with Crippen LogP contribution in [0, 0.1) is 5.82 Å². The molecule has 0 bridgehead atoms. The number of amides is 1. The second-order valence-corrected chi connectivity index (χ2v) is 5.88. The second kappa shape index (κ2) is 7.55. The number of carbonyl (C=O) groups excluding carboxylic acids is 1. The maximum absolute atomic E-state index is 13.7. The zero-order valence-electron chi connectivity index (χ0n) is 13.0. The van der Waals surface area contributed by atoms with Crippen molar-refractivity contribution in [1.29, 1.82) is 0 Å². The first-order valence-corrected chi connectivity index (χ1v) is 7.83. The summed E-state index contributed by atoms with van der Waals surface area (Å²) in [6.07, 6.45) is 3.59. The second-order valence-electron chi connectivity index (χ2n) is 5.88. The molecule has 21 heavy (non-hydrogen) atoms. The van der Waals surface area contributed by atoms with Crippen molar-refractivity contribution in [3.63, 3.8) is 0 Å². The summed E-state index contributed by atoms with van der Waals surface area (Å²) in [6.45, 7) is 4.46. The average molecular weight is 292 g/mol. The van der Waals surface area contributed by atoms with E-state index in [1.54, 1.807) is 6.07 Å². The van der Waals surface area contributed by atoms with Crippen LogP contribution in [0.15, 0.2) is 24.3 Å². The van der Waals surface area contributed by atoms with Crippen molar-refractivity contribution in [2.24, 2.45) is 0 Å². The molecule has 4 heteroatoms. The molecule has 2 rings (SSSR count). The largest absolute Gasteiger partial charge is 0.341 e. The summed E-state index contributed by atoms with van der Waals surface area (Å²) in [5.74, 6) is 0.0743. The molecule has 1 aromatic carbocycles. The monoisotopic (exact) mass is 292 g/mol. The van der Waals surface area contributed by atoms with Crippen LogP contribution in [0.25, 0.3) is 0 Å². The number of likely N-dealkylation sites (tertiary alicyclic amines) is 1. The Morgan fingerprint density at radius 1 is 1.43 bits per heavy atom. The molecule has 116 valence electrons. The van der Waals surface area contributed by atoms with E-state index in [9.17, 15) is 9.18 Å². The molecule has 1 aliphatic rings. The van der Waals surface area contributed by atoms with Crippen LogP contribution in [0.1, 0.15) is 38.2 Å². The van der Waals surface area contributed by atoms with Crippen molar-refractivity contribution >= 4 is 5.91 Å². The van der Waals surface area contributed by atoms with Gasteiger partial charge in [0.1, 0.15) is 5.82 Å². The zero-order chi connectivity index (χ0) is 15.2. The number of hydrogen-bond donors (Lipinski definition) is 0. The predicted octanol–water partition coefficient (Wildman–Crippen LogP) is 3.05. The molecule has 3 nitrogen and oxygen atoms in total. The number of benzene rings is 1. The highest BCUT2D eigenvalue weighted by molar-refractivity contribution is 5.76. The first kappa shape index (κ1) is 16.0. The van der Waals surface area contributed by atoms with Gasteiger partial charge in [0.25, 0.3) is 0 Å². The smallest absolute Gasteiger partial charge is 0.222 e. The maximum Gasteiger partial charge on any atom is 0.222 e. The fraction of sp³-hybridized carbons (Fsp3) is 0.588. The molecule has 0 aromatic heterocycles. The minimum absolute atomic E-state index is 0.143. The van der Waals surface area contributed by atoms with Crippen molar-refractivity contribution in [3.05, 3.63) is 35.6 Å². The third-order valence-corrected chi connectivity index (χ3v) is 4.24. The van der Waals surface area contributed by atoms with Crippen LogP contribution in [0.3, 0.4) is 0 Å². The molecule has 1 heterocycles. The Hall–Kier alpha value is -1.42. The van der Waals surface area contributed by atoms with Gasteiger partial charge in [0, 0.05) is 38.2 Å². The van der Waals surface area contributed by atoms with Crippen LogP contribution in [0.5, 0.6) is 0 Å². The predicted molar refractivity (Wildman–Crippen MR) is 82.4 cm³/mol. The van der Waals surface area contributed by atoms with E-state index in [1.165, 1.54) is 6.07 Å². The highest BCUT2D eigenvalue weighted by Crippen LogP contribution is 2.19. The van der Waals surface area contributed by atoms with E-state index in [2.05, 4.69) is 4.90 Å². The van der Waals surface area contributed by atoms with Crippen molar-refractivity contribution in [3.8, 4) is 0 Å². The Labute approximate surface area is 126 Å². The number of halogens is 1. The van der Waals surface area contributed by atoms with Gasteiger partial charge in [-0.05, 0) is 31.9 Å². The van der Waals surface area contributed by atoms with Gasteiger partial charge in [-0.3, -0.25) is 9.69 Å². The van der Waals surface area contributed by atoms with E-state index in [0.717, 1.165) is 37.9 Å². The standard InChI is InChI=1S/C17H25FN2O/c1-3-7-17(21)19(2)15-9-6-11-20(13-15)12-14-8-4-5-10-16(14)18/h4-5,8,10,15H,3,6-7,9,11-13H2,1-2H3/t15-/m1/s1. The number of nitrogens with zero attached hydrogens (tertiary/aromatic N) is 2. The van der Waals surface area contributed by atoms with E-state index in [4.69, 9.17) is 0 Å². The number of likely N-dealkylation sites (N-methyl/N-ethyl adjacent to an activating group) is 1. The lowest BCUT2D eigenvalue weighted by Crippen LogP contribution is -2.48. The van der Waals surface area contributed by atoms with E-state index in [1.807, 2.05) is 31.0 Å². The van der Waals surface area contributed by atoms with Crippen molar-refractivity contribution in [1.82, 2.24) is 9.80 Å². The minimum atomic E-state index is -0.143. The van der Waals surface area contributed by atoms with Gasteiger partial charge in [-0.25, -0.2) is 4.39 Å². The normalized spacial score (nSPS) is 19.5. The number of carbonyl (C=O) groups is 1. The van der Waals surface area contributed by atoms with Crippen molar-refractivity contribution in [2.75, 3.05) is 20.1 Å². The van der Waals surface area contributed by atoms with Gasteiger partial charge >= 0.3 is 0 Å². The summed E-state index contributed by atoms with van der Waals surface area (Å²) in [5.41, 5.74) is 0.737. The van der Waals surface area contributed by atoms with Crippen molar-refractivity contribution in [2.45, 2.75) is 45.2 Å². The summed E-state index contributed by atoms with van der Waals surface area (Å²) < 4.78 is 13.7. The lowest BCUT2D eigenvalue weighted by Gasteiger charge is -2.37. The number of hydrogen-bond acceptors (Lipinski definition) is 2. The Balaban J connectivity index is 1.94. The molecule has 0 unspecified atom stereocenters. The fourth-order valence-electron chi connectivity index (χ4n) is 2.95. The lowest BCUT2D eigenvalue weighted by molar-refractivity contribution is -0.133. The average Bonchev–Trinajstić information content (AvgIpc) is 2.49. The van der Waals surface area contributed by atoms with Crippen LogP contribution >= 0.6 is 0 Å². The summed E-state index contributed by atoms with van der Waals surface area (Å²) in [4.78, 5) is 16.1. The topological polar surface area (TPSA) is 23.6 Å². The van der Waals surface area contributed by atoms with Crippen LogP contribution < -0.4 is 0 Å². The third kappa shape index (κ3) is 4.27. The van der Waals surface area contributed by atoms with Crippen LogP contribution in [0.2, 0.25) is 0 Å². The van der Waals surface area contributed by atoms with Gasteiger partial charge in [0.05, 0.1) is 0 Å². The zero-order valence-corrected chi connectivity index (χ0v) is 13.0.